The predicted molar refractivity (Wildman–Crippen MR) is 84.1 cm³/mol. The Hall–Kier alpha value is -1.71. The monoisotopic (exact) mass is 291 g/mol. The van der Waals surface area contributed by atoms with E-state index in [1.54, 1.807) is 0 Å². The van der Waals surface area contributed by atoms with E-state index in [2.05, 4.69) is 6.92 Å². The number of hydrogen-bond acceptors (Lipinski definition) is 3. The standard InChI is InChI=1S/C17H25NO3/c1-2-3-4-5-6-7-8-15-9-11-16(12-10-15)13-17(19)14-18(20)21/h9-12H,2-8,13-14H2,1H3. The lowest BCUT2D eigenvalue weighted by molar-refractivity contribution is -0.467. The van der Waals surface area contributed by atoms with Gasteiger partial charge in [-0.25, -0.2) is 0 Å². The number of hydrogen-bond donors (Lipinski definition) is 0. The molecule has 0 aliphatic heterocycles. The molecule has 0 heterocycles. The SMILES string of the molecule is CCCCCCCCc1ccc(CC(=O)C[N+](=O)[O-])cc1. The zero-order valence-electron chi connectivity index (χ0n) is 12.8. The van der Waals surface area contributed by atoms with E-state index in [1.165, 1.54) is 44.1 Å². The van der Waals surface area contributed by atoms with Gasteiger partial charge in [0.15, 0.2) is 0 Å². The van der Waals surface area contributed by atoms with Crippen molar-refractivity contribution < 1.29 is 9.72 Å². The third-order valence-electron chi connectivity index (χ3n) is 3.55. The van der Waals surface area contributed by atoms with Gasteiger partial charge in [0, 0.05) is 11.3 Å². The van der Waals surface area contributed by atoms with Gasteiger partial charge in [-0.15, -0.1) is 0 Å². The molecule has 116 valence electrons. The Morgan fingerprint density at radius 3 is 2.19 bits per heavy atom. The van der Waals surface area contributed by atoms with Crippen molar-refractivity contribution in [2.75, 3.05) is 6.54 Å². The Balaban J connectivity index is 2.27. The minimum absolute atomic E-state index is 0.151. The van der Waals surface area contributed by atoms with E-state index in [9.17, 15) is 14.9 Å². The molecule has 0 aromatic heterocycles. The number of aryl methyl sites for hydroxylation is 1. The average molecular weight is 291 g/mol. The van der Waals surface area contributed by atoms with E-state index in [0.717, 1.165) is 12.0 Å². The lowest BCUT2D eigenvalue weighted by atomic mass is 10.0. The van der Waals surface area contributed by atoms with Gasteiger partial charge in [0.05, 0.1) is 0 Å². The smallest absolute Gasteiger partial charge is 0.261 e. The quantitative estimate of drug-likeness (QED) is 0.352. The highest BCUT2D eigenvalue weighted by Crippen LogP contribution is 2.11. The van der Waals surface area contributed by atoms with Gasteiger partial charge in [0.1, 0.15) is 0 Å². The van der Waals surface area contributed by atoms with Gasteiger partial charge >= 0.3 is 0 Å². The molecule has 0 aliphatic carbocycles. The van der Waals surface area contributed by atoms with E-state index in [-0.39, 0.29) is 12.2 Å². The fraction of sp³-hybridized carbons (Fsp3) is 0.588. The molecule has 0 atom stereocenters. The van der Waals surface area contributed by atoms with Crippen molar-refractivity contribution in [3.63, 3.8) is 0 Å². The summed E-state index contributed by atoms with van der Waals surface area (Å²) in [6, 6.07) is 7.87. The number of Topliss-reactive ketones (excluding diaryl/α,β-unsaturated/α-hetero) is 1. The Morgan fingerprint density at radius 2 is 1.57 bits per heavy atom. The normalized spacial score (nSPS) is 10.5. The van der Waals surface area contributed by atoms with Crippen molar-refractivity contribution in [2.45, 2.75) is 58.3 Å². The van der Waals surface area contributed by atoms with E-state index in [4.69, 9.17) is 0 Å². The topological polar surface area (TPSA) is 60.2 Å². The number of rotatable bonds is 11. The second-order valence-electron chi connectivity index (χ2n) is 5.54. The third kappa shape index (κ3) is 8.23. The summed E-state index contributed by atoms with van der Waals surface area (Å²) in [6.07, 6.45) is 8.92. The number of carbonyl (C=O) groups is 1. The summed E-state index contributed by atoms with van der Waals surface area (Å²) in [5, 5.41) is 10.3. The Labute approximate surface area is 126 Å². The van der Waals surface area contributed by atoms with Crippen molar-refractivity contribution in [3.8, 4) is 0 Å². The largest absolute Gasteiger partial charge is 0.292 e. The van der Waals surface area contributed by atoms with Gasteiger partial charge in [-0.05, 0) is 24.0 Å². The summed E-state index contributed by atoms with van der Waals surface area (Å²) in [5.74, 6) is -0.344. The maximum absolute atomic E-state index is 11.4. The van der Waals surface area contributed by atoms with Crippen LogP contribution in [0.4, 0.5) is 0 Å². The Morgan fingerprint density at radius 1 is 1.00 bits per heavy atom. The molecule has 4 heteroatoms. The third-order valence-corrected chi connectivity index (χ3v) is 3.55. The van der Waals surface area contributed by atoms with Crippen LogP contribution in [0.15, 0.2) is 24.3 Å². The molecule has 0 fully saturated rings. The summed E-state index contributed by atoms with van der Waals surface area (Å²) in [4.78, 5) is 21.0. The molecule has 0 saturated carbocycles. The average Bonchev–Trinajstić information content (AvgIpc) is 2.43. The zero-order valence-corrected chi connectivity index (χ0v) is 12.8. The zero-order chi connectivity index (χ0) is 15.5. The molecule has 0 spiro atoms. The molecule has 0 aliphatic rings. The van der Waals surface area contributed by atoms with Gasteiger partial charge in [-0.3, -0.25) is 14.9 Å². The minimum atomic E-state index is -0.584. The van der Waals surface area contributed by atoms with Crippen LogP contribution in [0.2, 0.25) is 0 Å². The number of nitro groups is 1. The molecule has 0 amide bonds. The number of carbonyl (C=O) groups excluding carboxylic acids is 1. The van der Waals surface area contributed by atoms with Gasteiger partial charge in [-0.1, -0.05) is 63.3 Å². The van der Waals surface area contributed by atoms with Crippen LogP contribution in [-0.2, 0) is 17.6 Å². The summed E-state index contributed by atoms with van der Waals surface area (Å²) >= 11 is 0. The number of benzene rings is 1. The van der Waals surface area contributed by atoms with Crippen LogP contribution in [0.1, 0.15) is 56.6 Å². The molecule has 1 aromatic rings. The van der Waals surface area contributed by atoms with Crippen molar-refractivity contribution in [1.29, 1.82) is 0 Å². The first-order valence-corrected chi connectivity index (χ1v) is 7.83. The fourth-order valence-electron chi connectivity index (χ4n) is 2.36. The molecule has 0 N–H and O–H groups in total. The van der Waals surface area contributed by atoms with Crippen LogP contribution in [0, 0.1) is 10.1 Å². The lowest BCUT2D eigenvalue weighted by Gasteiger charge is -2.04. The van der Waals surface area contributed by atoms with Crippen LogP contribution < -0.4 is 0 Å². The molecule has 21 heavy (non-hydrogen) atoms. The molecule has 0 unspecified atom stereocenters. The van der Waals surface area contributed by atoms with Crippen LogP contribution >= 0.6 is 0 Å². The Kier molecular flexibility index (Phi) is 8.32. The summed E-state index contributed by atoms with van der Waals surface area (Å²) in [7, 11) is 0. The first kappa shape index (κ1) is 17.3. The van der Waals surface area contributed by atoms with E-state index < -0.39 is 11.5 Å². The fourth-order valence-corrected chi connectivity index (χ4v) is 2.36. The van der Waals surface area contributed by atoms with E-state index in [0.29, 0.717) is 0 Å². The minimum Gasteiger partial charge on any atom is -0.292 e. The molecular weight excluding hydrogens is 266 g/mol. The molecule has 0 bridgehead atoms. The van der Waals surface area contributed by atoms with Crippen molar-refractivity contribution in [1.82, 2.24) is 0 Å². The van der Waals surface area contributed by atoms with Crippen molar-refractivity contribution >= 4 is 5.78 Å². The van der Waals surface area contributed by atoms with E-state index in [1.807, 2.05) is 24.3 Å². The predicted octanol–water partition coefficient (Wildman–Crippen LogP) is 3.98. The van der Waals surface area contributed by atoms with E-state index >= 15 is 0 Å². The summed E-state index contributed by atoms with van der Waals surface area (Å²) in [6.45, 7) is 1.64. The van der Waals surface area contributed by atoms with Crippen molar-refractivity contribution in [2.24, 2.45) is 0 Å². The van der Waals surface area contributed by atoms with Gasteiger partial charge in [-0.2, -0.15) is 0 Å². The molecule has 0 saturated heterocycles. The van der Waals surface area contributed by atoms with Crippen LogP contribution in [0.3, 0.4) is 0 Å². The molecule has 4 nitrogen and oxygen atoms in total. The summed E-state index contributed by atoms with van der Waals surface area (Å²) in [5.41, 5.74) is 2.13. The van der Waals surface area contributed by atoms with Crippen LogP contribution in [0.25, 0.3) is 0 Å². The molecule has 0 radical (unpaired) electrons. The van der Waals surface area contributed by atoms with Crippen LogP contribution in [-0.4, -0.2) is 17.3 Å². The first-order valence-electron chi connectivity index (χ1n) is 7.83. The molecule has 1 rings (SSSR count). The van der Waals surface area contributed by atoms with Gasteiger partial charge in [0.2, 0.25) is 5.78 Å². The summed E-state index contributed by atoms with van der Waals surface area (Å²) < 4.78 is 0. The number of unbranched alkanes of at least 4 members (excludes halogenated alkanes) is 5. The lowest BCUT2D eigenvalue weighted by Crippen LogP contribution is -2.15. The highest BCUT2D eigenvalue weighted by molar-refractivity contribution is 5.81. The second kappa shape index (κ2) is 10.1. The maximum Gasteiger partial charge on any atom is 0.261 e. The van der Waals surface area contributed by atoms with Gasteiger partial charge in [0.25, 0.3) is 6.54 Å². The maximum atomic E-state index is 11.4. The second-order valence-corrected chi connectivity index (χ2v) is 5.54. The van der Waals surface area contributed by atoms with Crippen molar-refractivity contribution in [3.05, 3.63) is 45.5 Å². The highest BCUT2D eigenvalue weighted by Gasteiger charge is 2.10. The van der Waals surface area contributed by atoms with Gasteiger partial charge < -0.3 is 0 Å². The number of ketones is 1. The molecular formula is C17H25NO3. The highest BCUT2D eigenvalue weighted by atomic mass is 16.6. The molecule has 1 aromatic carbocycles. The first-order chi connectivity index (χ1) is 10.1. The number of nitrogens with zero attached hydrogens (tertiary/aromatic N) is 1. The van der Waals surface area contributed by atoms with Crippen LogP contribution in [0.5, 0.6) is 0 Å². The Bertz CT molecular complexity index is 440.